The lowest BCUT2D eigenvalue weighted by Crippen LogP contribution is -2.38. The summed E-state index contributed by atoms with van der Waals surface area (Å²) in [7, 11) is -1.62. The van der Waals surface area contributed by atoms with E-state index in [1.54, 1.807) is 0 Å². The molecule has 0 saturated carbocycles. The highest BCUT2D eigenvalue weighted by Crippen LogP contribution is 2.34. The van der Waals surface area contributed by atoms with E-state index in [4.69, 9.17) is 16.1 Å². The molecule has 3 rings (SSSR count). The maximum atomic E-state index is 14.2. The van der Waals surface area contributed by atoms with Gasteiger partial charge in [0.25, 0.3) is 5.91 Å². The van der Waals surface area contributed by atoms with Crippen molar-refractivity contribution in [3.05, 3.63) is 40.4 Å². The topological polar surface area (TPSA) is 80.5 Å². The molecule has 1 aliphatic heterocycles. The van der Waals surface area contributed by atoms with Crippen molar-refractivity contribution in [2.45, 2.75) is 19.4 Å². The van der Waals surface area contributed by atoms with Crippen LogP contribution in [0.1, 0.15) is 22.5 Å². The summed E-state index contributed by atoms with van der Waals surface area (Å²) in [4.78, 5) is 14.3. The number of rotatable bonds is 3. The highest BCUT2D eigenvalue weighted by atomic mass is 35.5. The fraction of sp³-hybridized carbons (Fsp3) is 0.375. The minimum atomic E-state index is -3.14. The number of benzene rings is 1. The third-order valence-corrected chi connectivity index (χ3v) is 6.42. The van der Waals surface area contributed by atoms with Gasteiger partial charge in [-0.25, -0.2) is 12.8 Å². The Morgan fingerprint density at radius 1 is 1.44 bits per heavy atom. The Morgan fingerprint density at radius 3 is 2.76 bits per heavy atom. The maximum Gasteiger partial charge on any atom is 0.259 e. The van der Waals surface area contributed by atoms with Gasteiger partial charge in [0.2, 0.25) is 0 Å². The number of hydrogen-bond acceptors (Lipinski definition) is 5. The van der Waals surface area contributed by atoms with Gasteiger partial charge in [0, 0.05) is 13.1 Å². The first-order valence-corrected chi connectivity index (χ1v) is 9.79. The van der Waals surface area contributed by atoms with E-state index in [9.17, 15) is 17.6 Å². The predicted octanol–water partition coefficient (Wildman–Crippen LogP) is 2.70. The van der Waals surface area contributed by atoms with Crippen LogP contribution in [0.2, 0.25) is 5.02 Å². The van der Waals surface area contributed by atoms with Crippen LogP contribution in [0.15, 0.2) is 22.7 Å². The summed E-state index contributed by atoms with van der Waals surface area (Å²) in [6.45, 7) is 1.54. The Labute approximate surface area is 149 Å². The Balaban J connectivity index is 2.01. The van der Waals surface area contributed by atoms with Crippen molar-refractivity contribution in [3.8, 4) is 11.3 Å². The second-order valence-corrected chi connectivity index (χ2v) is 8.67. The first-order valence-electron chi connectivity index (χ1n) is 7.59. The smallest absolute Gasteiger partial charge is 0.259 e. The SMILES string of the molecule is Cc1onc(-c2c(F)cccc2Cl)c1C(=O)N(C)[C@@H]1CCS(=O)(=O)C1. The fourth-order valence-electron chi connectivity index (χ4n) is 2.94. The summed E-state index contributed by atoms with van der Waals surface area (Å²) < 4.78 is 42.6. The third-order valence-electron chi connectivity index (χ3n) is 4.35. The fourth-order valence-corrected chi connectivity index (χ4v) is 4.97. The van der Waals surface area contributed by atoms with E-state index < -0.39 is 27.6 Å². The Kier molecular flexibility index (Phi) is 4.59. The number of hydrogen-bond donors (Lipinski definition) is 0. The van der Waals surface area contributed by atoms with Crippen LogP contribution < -0.4 is 0 Å². The minimum absolute atomic E-state index is 0.0123. The van der Waals surface area contributed by atoms with Crippen molar-refractivity contribution in [2.24, 2.45) is 0 Å². The van der Waals surface area contributed by atoms with Gasteiger partial charge in [-0.3, -0.25) is 4.79 Å². The molecule has 1 fully saturated rings. The number of halogens is 2. The predicted molar refractivity (Wildman–Crippen MR) is 90.8 cm³/mol. The average molecular weight is 387 g/mol. The summed E-state index contributed by atoms with van der Waals surface area (Å²) in [6, 6.07) is 3.72. The molecule has 0 N–H and O–H groups in total. The van der Waals surface area contributed by atoms with Gasteiger partial charge in [-0.1, -0.05) is 22.8 Å². The number of aryl methyl sites for hydroxylation is 1. The summed E-state index contributed by atoms with van der Waals surface area (Å²) in [5.41, 5.74) is 0.0777. The molecule has 6 nitrogen and oxygen atoms in total. The summed E-state index contributed by atoms with van der Waals surface area (Å²) in [5, 5.41) is 3.91. The van der Waals surface area contributed by atoms with E-state index >= 15 is 0 Å². The van der Waals surface area contributed by atoms with Gasteiger partial charge in [0.1, 0.15) is 22.8 Å². The summed E-state index contributed by atoms with van der Waals surface area (Å²) in [5.74, 6) is -0.928. The normalized spacial score (nSPS) is 19.1. The van der Waals surface area contributed by atoms with Gasteiger partial charge in [-0.2, -0.15) is 0 Å². The average Bonchev–Trinajstić information content (AvgIpc) is 3.08. The molecule has 1 aromatic carbocycles. The standard InChI is InChI=1S/C16H16ClFN2O4S/c1-9-13(16(21)20(2)10-6-7-25(22,23)8-10)15(19-24-9)14-11(17)4-3-5-12(14)18/h3-5,10H,6-8H2,1-2H3/t10-/m1/s1. The first kappa shape index (κ1) is 17.9. The van der Waals surface area contributed by atoms with E-state index in [2.05, 4.69) is 5.16 Å². The Bertz CT molecular complexity index is 921. The molecule has 2 heterocycles. The van der Waals surface area contributed by atoms with E-state index in [-0.39, 0.29) is 39.1 Å². The molecule has 1 aliphatic rings. The number of carbonyl (C=O) groups is 1. The van der Waals surface area contributed by atoms with Crippen LogP contribution in [-0.4, -0.2) is 49.0 Å². The molecule has 0 spiro atoms. The molecule has 0 unspecified atom stereocenters. The van der Waals surface area contributed by atoms with E-state index in [1.165, 1.54) is 37.1 Å². The minimum Gasteiger partial charge on any atom is -0.360 e. The number of sulfone groups is 1. The van der Waals surface area contributed by atoms with Gasteiger partial charge in [0.05, 0.1) is 22.1 Å². The largest absolute Gasteiger partial charge is 0.360 e. The highest BCUT2D eigenvalue weighted by molar-refractivity contribution is 7.91. The number of amides is 1. The van der Waals surface area contributed by atoms with Crippen molar-refractivity contribution in [2.75, 3.05) is 18.6 Å². The molecule has 1 saturated heterocycles. The van der Waals surface area contributed by atoms with Gasteiger partial charge < -0.3 is 9.42 Å². The second kappa shape index (κ2) is 6.42. The van der Waals surface area contributed by atoms with Crippen LogP contribution in [0.5, 0.6) is 0 Å². The molecule has 1 atom stereocenters. The molecule has 1 amide bonds. The van der Waals surface area contributed by atoms with Crippen LogP contribution in [-0.2, 0) is 9.84 Å². The molecule has 1 aromatic heterocycles. The van der Waals surface area contributed by atoms with Crippen LogP contribution >= 0.6 is 11.6 Å². The lowest BCUT2D eigenvalue weighted by Gasteiger charge is -2.23. The summed E-state index contributed by atoms with van der Waals surface area (Å²) >= 11 is 6.07. The molecule has 134 valence electrons. The first-order chi connectivity index (χ1) is 11.7. The molecule has 0 radical (unpaired) electrons. The van der Waals surface area contributed by atoms with Crippen molar-refractivity contribution in [1.29, 1.82) is 0 Å². The highest BCUT2D eigenvalue weighted by Gasteiger charge is 2.35. The van der Waals surface area contributed by atoms with Gasteiger partial charge >= 0.3 is 0 Å². The van der Waals surface area contributed by atoms with E-state index in [0.717, 1.165) is 0 Å². The lowest BCUT2D eigenvalue weighted by molar-refractivity contribution is 0.0746. The van der Waals surface area contributed by atoms with Crippen LogP contribution in [0.25, 0.3) is 11.3 Å². The molecule has 0 aliphatic carbocycles. The molecule has 2 aromatic rings. The van der Waals surface area contributed by atoms with Crippen molar-refractivity contribution < 1.29 is 22.1 Å². The maximum absolute atomic E-state index is 14.2. The van der Waals surface area contributed by atoms with Crippen molar-refractivity contribution in [1.82, 2.24) is 10.1 Å². The van der Waals surface area contributed by atoms with Crippen molar-refractivity contribution in [3.63, 3.8) is 0 Å². The molecular weight excluding hydrogens is 371 g/mol. The van der Waals surface area contributed by atoms with Gasteiger partial charge in [0.15, 0.2) is 9.84 Å². The van der Waals surface area contributed by atoms with Crippen molar-refractivity contribution >= 4 is 27.3 Å². The lowest BCUT2D eigenvalue weighted by atomic mass is 10.0. The zero-order chi connectivity index (χ0) is 18.4. The van der Waals surface area contributed by atoms with Gasteiger partial charge in [-0.15, -0.1) is 0 Å². The Morgan fingerprint density at radius 2 is 2.16 bits per heavy atom. The number of carbonyl (C=O) groups excluding carboxylic acids is 1. The van der Waals surface area contributed by atoms with Crippen LogP contribution in [0.4, 0.5) is 4.39 Å². The monoisotopic (exact) mass is 386 g/mol. The second-order valence-electron chi connectivity index (χ2n) is 6.03. The zero-order valence-corrected chi connectivity index (χ0v) is 15.2. The van der Waals surface area contributed by atoms with Crippen LogP contribution in [0, 0.1) is 12.7 Å². The number of aromatic nitrogens is 1. The Hall–Kier alpha value is -1.93. The molecular formula is C16H16ClFN2O4S. The third kappa shape index (κ3) is 3.28. The van der Waals surface area contributed by atoms with Crippen LogP contribution in [0.3, 0.4) is 0 Å². The van der Waals surface area contributed by atoms with E-state index in [0.29, 0.717) is 6.42 Å². The van der Waals surface area contributed by atoms with Gasteiger partial charge in [-0.05, 0) is 25.5 Å². The molecule has 0 bridgehead atoms. The molecule has 9 heteroatoms. The van der Waals surface area contributed by atoms with E-state index in [1.807, 2.05) is 0 Å². The quantitative estimate of drug-likeness (QED) is 0.810. The molecule has 25 heavy (non-hydrogen) atoms. The number of nitrogens with zero attached hydrogens (tertiary/aromatic N) is 2. The summed E-state index contributed by atoms with van der Waals surface area (Å²) in [6.07, 6.45) is 0.366. The zero-order valence-electron chi connectivity index (χ0n) is 13.6.